The first-order chi connectivity index (χ1) is 19.6. The number of benzene rings is 3. The lowest BCUT2D eigenvalue weighted by Crippen LogP contribution is -2.52. The molecular weight excluding hydrogens is 534 g/mol. The maximum atomic E-state index is 14.1. The van der Waals surface area contributed by atoms with E-state index in [4.69, 9.17) is 0 Å². The van der Waals surface area contributed by atoms with Gasteiger partial charge in [0.05, 0.1) is 10.6 Å². The monoisotopic (exact) mass is 575 g/mol. The van der Waals surface area contributed by atoms with E-state index in [-0.39, 0.29) is 29.3 Å². The minimum atomic E-state index is -4.07. The highest BCUT2D eigenvalue weighted by Gasteiger charge is 2.33. The molecule has 0 aromatic heterocycles. The molecule has 1 aliphatic carbocycles. The highest BCUT2D eigenvalue weighted by atomic mass is 32.2. The second-order valence-corrected chi connectivity index (χ2v) is 13.1. The molecule has 218 valence electrons. The van der Waals surface area contributed by atoms with Gasteiger partial charge in [-0.15, -0.1) is 0 Å². The summed E-state index contributed by atoms with van der Waals surface area (Å²) >= 11 is 0. The number of anilines is 1. The Morgan fingerprint density at radius 1 is 0.878 bits per heavy atom. The van der Waals surface area contributed by atoms with Crippen LogP contribution in [-0.4, -0.2) is 43.8 Å². The summed E-state index contributed by atoms with van der Waals surface area (Å²) in [6.07, 6.45) is 4.01. The Balaban J connectivity index is 1.68. The van der Waals surface area contributed by atoms with Crippen LogP contribution < -0.4 is 9.62 Å². The van der Waals surface area contributed by atoms with Crippen molar-refractivity contribution >= 4 is 27.5 Å². The van der Waals surface area contributed by atoms with Gasteiger partial charge >= 0.3 is 0 Å². The Labute approximate surface area is 244 Å². The van der Waals surface area contributed by atoms with Gasteiger partial charge in [-0.1, -0.05) is 86.8 Å². The third kappa shape index (κ3) is 7.55. The normalized spacial score (nSPS) is 14.6. The van der Waals surface area contributed by atoms with Crippen molar-refractivity contribution < 1.29 is 18.0 Å². The summed E-state index contributed by atoms with van der Waals surface area (Å²) in [5, 5.41) is 3.10. The van der Waals surface area contributed by atoms with E-state index in [1.807, 2.05) is 43.3 Å². The molecule has 1 fully saturated rings. The van der Waals surface area contributed by atoms with Gasteiger partial charge in [0.2, 0.25) is 11.8 Å². The summed E-state index contributed by atoms with van der Waals surface area (Å²) in [7, 11) is -4.07. The van der Waals surface area contributed by atoms with Crippen LogP contribution in [-0.2, 0) is 26.2 Å². The van der Waals surface area contributed by atoms with Crippen LogP contribution in [0.3, 0.4) is 0 Å². The maximum absolute atomic E-state index is 14.1. The zero-order chi connectivity index (χ0) is 29.6. The predicted molar refractivity (Wildman–Crippen MR) is 163 cm³/mol. The maximum Gasteiger partial charge on any atom is 0.264 e. The van der Waals surface area contributed by atoms with E-state index in [1.165, 1.54) is 17.0 Å². The zero-order valence-electron chi connectivity index (χ0n) is 24.4. The standard InChI is InChI=1S/C33H41N3O4S/c1-24(2)28-18-20-30(21-19-28)36(41(39,40)31-12-6-5-7-13-31)23-32(37)35(22-27-16-14-25(3)15-17-27)26(4)33(38)34-29-10-8-9-11-29/h5-7,12-21,24,26,29H,8-11,22-23H2,1-4H3,(H,34,38)/t26-/m1/s1. The van der Waals surface area contributed by atoms with Crippen LogP contribution in [0.15, 0.2) is 83.8 Å². The number of sulfonamides is 1. The highest BCUT2D eigenvalue weighted by Crippen LogP contribution is 2.27. The van der Waals surface area contributed by atoms with Crippen molar-refractivity contribution in [2.24, 2.45) is 0 Å². The first-order valence-electron chi connectivity index (χ1n) is 14.4. The molecule has 0 bridgehead atoms. The Kier molecular flexibility index (Phi) is 9.86. The molecule has 7 nitrogen and oxygen atoms in total. The summed E-state index contributed by atoms with van der Waals surface area (Å²) < 4.78 is 29.0. The molecule has 0 radical (unpaired) electrons. The zero-order valence-corrected chi connectivity index (χ0v) is 25.2. The van der Waals surface area contributed by atoms with Gasteiger partial charge in [0.25, 0.3) is 10.0 Å². The van der Waals surface area contributed by atoms with Crippen LogP contribution in [0.1, 0.15) is 69.1 Å². The Morgan fingerprint density at radius 2 is 1.49 bits per heavy atom. The van der Waals surface area contributed by atoms with Crippen LogP contribution in [0, 0.1) is 6.92 Å². The molecular formula is C33H41N3O4S. The van der Waals surface area contributed by atoms with Gasteiger partial charge in [0.15, 0.2) is 0 Å². The van der Waals surface area contributed by atoms with Gasteiger partial charge in [-0.3, -0.25) is 13.9 Å². The fourth-order valence-electron chi connectivity index (χ4n) is 5.14. The van der Waals surface area contributed by atoms with E-state index in [1.54, 1.807) is 37.3 Å². The molecule has 3 aromatic rings. The second kappa shape index (κ2) is 13.3. The Hall–Kier alpha value is -3.65. The second-order valence-electron chi connectivity index (χ2n) is 11.2. The fraction of sp³-hybridized carbons (Fsp3) is 0.394. The molecule has 0 heterocycles. The smallest absolute Gasteiger partial charge is 0.264 e. The molecule has 1 saturated carbocycles. The van der Waals surface area contributed by atoms with E-state index >= 15 is 0 Å². The third-order valence-corrected chi connectivity index (χ3v) is 9.59. The molecule has 0 saturated heterocycles. The van der Waals surface area contributed by atoms with Crippen LogP contribution >= 0.6 is 0 Å². The number of aryl methyl sites for hydroxylation is 1. The summed E-state index contributed by atoms with van der Waals surface area (Å²) in [4.78, 5) is 29.0. The molecule has 1 N–H and O–H groups in total. The van der Waals surface area contributed by atoms with Gasteiger partial charge < -0.3 is 10.2 Å². The molecule has 3 aromatic carbocycles. The molecule has 4 rings (SSSR count). The number of hydrogen-bond donors (Lipinski definition) is 1. The number of amides is 2. The quantitative estimate of drug-likeness (QED) is 0.314. The third-order valence-electron chi connectivity index (χ3n) is 7.80. The molecule has 0 unspecified atom stereocenters. The lowest BCUT2D eigenvalue weighted by atomic mass is 10.0. The van der Waals surface area contributed by atoms with E-state index in [9.17, 15) is 18.0 Å². The Bertz CT molecular complexity index is 1420. The van der Waals surface area contributed by atoms with E-state index in [0.29, 0.717) is 5.69 Å². The topological polar surface area (TPSA) is 86.8 Å². The van der Waals surface area contributed by atoms with Crippen molar-refractivity contribution in [3.05, 3.63) is 95.6 Å². The number of rotatable bonds is 11. The van der Waals surface area contributed by atoms with Crippen molar-refractivity contribution in [2.45, 2.75) is 82.8 Å². The van der Waals surface area contributed by atoms with Gasteiger partial charge in [0.1, 0.15) is 12.6 Å². The molecule has 8 heteroatoms. The van der Waals surface area contributed by atoms with E-state index < -0.39 is 28.5 Å². The number of nitrogens with one attached hydrogen (secondary N) is 1. The first kappa shape index (κ1) is 30.3. The van der Waals surface area contributed by atoms with Crippen molar-refractivity contribution in [3.63, 3.8) is 0 Å². The average Bonchev–Trinajstić information content (AvgIpc) is 3.48. The van der Waals surface area contributed by atoms with Crippen LogP contribution in [0.2, 0.25) is 0 Å². The molecule has 2 amide bonds. The van der Waals surface area contributed by atoms with Gasteiger partial charge in [-0.2, -0.15) is 0 Å². The minimum absolute atomic E-state index is 0.0952. The van der Waals surface area contributed by atoms with Crippen molar-refractivity contribution in [1.82, 2.24) is 10.2 Å². The number of carbonyl (C=O) groups excluding carboxylic acids is 2. The molecule has 0 spiro atoms. The summed E-state index contributed by atoms with van der Waals surface area (Å²) in [5.74, 6) is -0.405. The Morgan fingerprint density at radius 3 is 2.07 bits per heavy atom. The summed E-state index contributed by atoms with van der Waals surface area (Å²) in [6, 6.07) is 22.5. The molecule has 1 aliphatic rings. The number of nitrogens with zero attached hydrogens (tertiary/aromatic N) is 2. The lowest BCUT2D eigenvalue weighted by molar-refractivity contribution is -0.139. The fourth-order valence-corrected chi connectivity index (χ4v) is 6.57. The van der Waals surface area contributed by atoms with E-state index in [2.05, 4.69) is 19.2 Å². The van der Waals surface area contributed by atoms with Crippen molar-refractivity contribution in [1.29, 1.82) is 0 Å². The summed E-state index contributed by atoms with van der Waals surface area (Å²) in [5.41, 5.74) is 3.41. The van der Waals surface area contributed by atoms with Gasteiger partial charge in [-0.05, 0) is 68.0 Å². The summed E-state index contributed by atoms with van der Waals surface area (Å²) in [6.45, 7) is 7.58. The van der Waals surface area contributed by atoms with Crippen molar-refractivity contribution in [3.8, 4) is 0 Å². The molecule has 0 aliphatic heterocycles. The highest BCUT2D eigenvalue weighted by molar-refractivity contribution is 7.92. The van der Waals surface area contributed by atoms with Crippen molar-refractivity contribution in [2.75, 3.05) is 10.8 Å². The van der Waals surface area contributed by atoms with E-state index in [0.717, 1.165) is 46.7 Å². The molecule has 41 heavy (non-hydrogen) atoms. The van der Waals surface area contributed by atoms with Crippen LogP contribution in [0.5, 0.6) is 0 Å². The largest absolute Gasteiger partial charge is 0.352 e. The van der Waals surface area contributed by atoms with Crippen LogP contribution in [0.4, 0.5) is 5.69 Å². The van der Waals surface area contributed by atoms with Crippen LogP contribution in [0.25, 0.3) is 0 Å². The number of hydrogen-bond acceptors (Lipinski definition) is 4. The SMILES string of the molecule is Cc1ccc(CN(C(=O)CN(c2ccc(C(C)C)cc2)S(=O)(=O)c2ccccc2)[C@H](C)C(=O)NC2CCCC2)cc1. The average molecular weight is 576 g/mol. The lowest BCUT2D eigenvalue weighted by Gasteiger charge is -2.32. The first-order valence-corrected chi connectivity index (χ1v) is 15.8. The molecule has 1 atom stereocenters. The van der Waals surface area contributed by atoms with Gasteiger partial charge in [0, 0.05) is 12.6 Å². The minimum Gasteiger partial charge on any atom is -0.352 e. The number of carbonyl (C=O) groups is 2. The van der Waals surface area contributed by atoms with Gasteiger partial charge in [-0.25, -0.2) is 8.42 Å². The predicted octanol–water partition coefficient (Wildman–Crippen LogP) is 5.79.